The summed E-state index contributed by atoms with van der Waals surface area (Å²) in [4.78, 5) is 28.1. The van der Waals surface area contributed by atoms with Gasteiger partial charge in [0.1, 0.15) is 5.75 Å². The van der Waals surface area contributed by atoms with E-state index in [4.69, 9.17) is 14.2 Å². The maximum Gasteiger partial charge on any atom is 0.294 e. The van der Waals surface area contributed by atoms with E-state index in [1.807, 2.05) is 42.9 Å². The predicted octanol–water partition coefficient (Wildman–Crippen LogP) is 5.85. The van der Waals surface area contributed by atoms with Crippen molar-refractivity contribution in [3.05, 3.63) is 89.3 Å². The Morgan fingerprint density at radius 3 is 2.49 bits per heavy atom. The van der Waals surface area contributed by atoms with Gasteiger partial charge in [0.05, 0.1) is 32.6 Å². The normalized spacial score (nSPS) is 15.3. The lowest BCUT2D eigenvalue weighted by atomic mass is 9.91. The maximum absolute atomic E-state index is 13.9. The van der Waals surface area contributed by atoms with Gasteiger partial charge in [-0.15, -0.1) is 0 Å². The third-order valence-corrected chi connectivity index (χ3v) is 7.05. The quantitative estimate of drug-likeness (QED) is 0.290. The highest BCUT2D eigenvalue weighted by atomic mass is 16.5. The summed E-state index contributed by atoms with van der Waals surface area (Å²) in [5.74, 6) is 0.313. The standard InChI is InChI=1S/C31H30N2O6/c1-6-39-30-21(11-9-13-26(30)38-5)27-28(23-17-32(3)24-15-14-19(37-4)16-22(23)24)33(31(36)29(27)35)25-12-8-7-10-20(25)18(2)34/h7-17,28,35H,6H2,1-5H3. The number of aliphatic hydroxyl groups is 1. The Balaban J connectivity index is 1.86. The van der Waals surface area contributed by atoms with Crippen molar-refractivity contribution >= 4 is 33.9 Å². The number of carbonyl (C=O) groups is 2. The topological polar surface area (TPSA) is 90.2 Å². The van der Waals surface area contributed by atoms with Crippen LogP contribution in [0, 0.1) is 0 Å². The highest BCUT2D eigenvalue weighted by Crippen LogP contribution is 2.51. The van der Waals surface area contributed by atoms with Gasteiger partial charge in [-0.2, -0.15) is 0 Å². The van der Waals surface area contributed by atoms with Crippen molar-refractivity contribution in [2.45, 2.75) is 19.9 Å². The number of hydrogen-bond donors (Lipinski definition) is 1. The van der Waals surface area contributed by atoms with Gasteiger partial charge < -0.3 is 23.9 Å². The molecule has 0 saturated heterocycles. The molecule has 200 valence electrons. The Kier molecular flexibility index (Phi) is 6.78. The number of rotatable bonds is 8. The van der Waals surface area contributed by atoms with Crippen LogP contribution in [0.1, 0.15) is 41.4 Å². The highest BCUT2D eigenvalue weighted by Gasteiger charge is 2.45. The number of ether oxygens (including phenoxy) is 3. The molecule has 0 radical (unpaired) electrons. The largest absolute Gasteiger partial charge is 0.503 e. The van der Waals surface area contributed by atoms with Crippen molar-refractivity contribution in [3.63, 3.8) is 0 Å². The number of aryl methyl sites for hydroxylation is 1. The molecule has 0 saturated carbocycles. The van der Waals surface area contributed by atoms with Crippen LogP contribution < -0.4 is 19.1 Å². The van der Waals surface area contributed by atoms with Gasteiger partial charge in [0.15, 0.2) is 23.0 Å². The van der Waals surface area contributed by atoms with Gasteiger partial charge in [-0.05, 0) is 50.2 Å². The fourth-order valence-corrected chi connectivity index (χ4v) is 5.33. The number of nitrogens with zero attached hydrogens (tertiary/aromatic N) is 2. The third kappa shape index (κ3) is 4.18. The van der Waals surface area contributed by atoms with Crippen LogP contribution in [0.3, 0.4) is 0 Å². The summed E-state index contributed by atoms with van der Waals surface area (Å²) >= 11 is 0. The molecule has 1 aromatic heterocycles. The molecule has 0 aliphatic carbocycles. The molecule has 39 heavy (non-hydrogen) atoms. The van der Waals surface area contributed by atoms with Crippen LogP contribution in [-0.4, -0.2) is 42.2 Å². The number of benzene rings is 3. The Morgan fingerprint density at radius 2 is 1.79 bits per heavy atom. The van der Waals surface area contributed by atoms with Gasteiger partial charge in [0.25, 0.3) is 5.91 Å². The second-order valence-corrected chi connectivity index (χ2v) is 9.26. The van der Waals surface area contributed by atoms with E-state index < -0.39 is 17.7 Å². The number of methoxy groups -OCH3 is 2. The molecule has 1 N–H and O–H groups in total. The van der Waals surface area contributed by atoms with Crippen LogP contribution in [0.5, 0.6) is 17.2 Å². The van der Waals surface area contributed by atoms with Crippen LogP contribution >= 0.6 is 0 Å². The Labute approximate surface area is 226 Å². The third-order valence-electron chi connectivity index (χ3n) is 7.05. The highest BCUT2D eigenvalue weighted by molar-refractivity contribution is 6.19. The predicted molar refractivity (Wildman–Crippen MR) is 150 cm³/mol. The molecule has 1 atom stereocenters. The molecular weight excluding hydrogens is 496 g/mol. The summed E-state index contributed by atoms with van der Waals surface area (Å²) in [6, 6.07) is 17.2. The molecule has 8 nitrogen and oxygen atoms in total. The lowest BCUT2D eigenvalue weighted by molar-refractivity contribution is -0.117. The molecule has 0 fully saturated rings. The van der Waals surface area contributed by atoms with E-state index in [-0.39, 0.29) is 5.78 Å². The number of hydrogen-bond acceptors (Lipinski definition) is 6. The number of para-hydroxylation sites is 2. The van der Waals surface area contributed by atoms with E-state index in [1.165, 1.54) is 11.8 Å². The van der Waals surface area contributed by atoms with Crippen molar-refractivity contribution in [1.29, 1.82) is 0 Å². The lowest BCUT2D eigenvalue weighted by Gasteiger charge is -2.29. The number of Topliss-reactive ketones (excluding diaryl/α,β-unsaturated/α-hetero) is 1. The number of fused-ring (bicyclic) bond motifs is 1. The molecule has 0 bridgehead atoms. The van der Waals surface area contributed by atoms with Crippen LogP contribution in [0.2, 0.25) is 0 Å². The molecule has 0 spiro atoms. The van der Waals surface area contributed by atoms with E-state index in [9.17, 15) is 14.7 Å². The summed E-state index contributed by atoms with van der Waals surface area (Å²) in [5.41, 5.74) is 3.33. The van der Waals surface area contributed by atoms with Gasteiger partial charge in [-0.1, -0.05) is 24.3 Å². The van der Waals surface area contributed by atoms with Gasteiger partial charge in [0.2, 0.25) is 0 Å². The second kappa shape index (κ2) is 10.2. The van der Waals surface area contributed by atoms with Crippen LogP contribution in [0.4, 0.5) is 5.69 Å². The lowest BCUT2D eigenvalue weighted by Crippen LogP contribution is -2.31. The Bertz CT molecular complexity index is 1630. The number of amides is 1. The average Bonchev–Trinajstić information content (AvgIpc) is 3.40. The minimum atomic E-state index is -0.792. The fourth-order valence-electron chi connectivity index (χ4n) is 5.33. The first kappa shape index (κ1) is 25.9. The molecule has 8 heteroatoms. The minimum absolute atomic E-state index is 0.193. The summed E-state index contributed by atoms with van der Waals surface area (Å²) < 4.78 is 19.0. The zero-order chi connectivity index (χ0) is 27.8. The molecule has 1 aliphatic rings. The van der Waals surface area contributed by atoms with Crippen LogP contribution in [-0.2, 0) is 11.8 Å². The minimum Gasteiger partial charge on any atom is -0.503 e. The molecule has 1 amide bonds. The van der Waals surface area contributed by atoms with E-state index in [2.05, 4.69) is 0 Å². The van der Waals surface area contributed by atoms with Crippen molar-refractivity contribution in [2.75, 3.05) is 25.7 Å². The van der Waals surface area contributed by atoms with E-state index in [1.54, 1.807) is 56.7 Å². The van der Waals surface area contributed by atoms with Gasteiger partial charge in [-0.3, -0.25) is 14.5 Å². The van der Waals surface area contributed by atoms with Gasteiger partial charge in [-0.25, -0.2) is 0 Å². The van der Waals surface area contributed by atoms with E-state index in [0.717, 1.165) is 16.5 Å². The molecule has 5 rings (SSSR count). The van der Waals surface area contributed by atoms with Crippen molar-refractivity contribution in [1.82, 2.24) is 4.57 Å². The molecular formula is C31H30N2O6. The molecule has 3 aromatic carbocycles. The Morgan fingerprint density at radius 1 is 1.03 bits per heavy atom. The van der Waals surface area contributed by atoms with E-state index >= 15 is 0 Å². The number of carbonyl (C=O) groups excluding carboxylic acids is 2. The first-order chi connectivity index (χ1) is 18.8. The maximum atomic E-state index is 13.9. The summed E-state index contributed by atoms with van der Waals surface area (Å²) in [6.45, 7) is 3.66. The summed E-state index contributed by atoms with van der Waals surface area (Å²) in [7, 11) is 5.06. The summed E-state index contributed by atoms with van der Waals surface area (Å²) in [5, 5.41) is 12.4. The van der Waals surface area contributed by atoms with Crippen molar-refractivity contribution < 1.29 is 28.9 Å². The average molecular weight is 527 g/mol. The molecule has 2 heterocycles. The van der Waals surface area contributed by atoms with Crippen molar-refractivity contribution in [2.24, 2.45) is 7.05 Å². The zero-order valence-electron chi connectivity index (χ0n) is 22.5. The first-order valence-electron chi connectivity index (χ1n) is 12.6. The van der Waals surface area contributed by atoms with Crippen LogP contribution in [0.15, 0.2) is 72.6 Å². The zero-order valence-corrected chi connectivity index (χ0v) is 22.5. The molecule has 4 aromatic rings. The number of aliphatic hydroxyl groups excluding tert-OH is 1. The fraction of sp³-hybridized carbons (Fsp3) is 0.226. The molecule has 1 unspecified atom stereocenters. The van der Waals surface area contributed by atoms with E-state index in [0.29, 0.717) is 46.2 Å². The summed E-state index contributed by atoms with van der Waals surface area (Å²) in [6.07, 6.45) is 1.94. The SMILES string of the molecule is CCOc1c(OC)cccc1C1=C(O)C(=O)N(c2ccccc2C(C)=O)C1c1cn(C)c2ccc(OC)cc12. The van der Waals surface area contributed by atoms with Crippen LogP contribution in [0.25, 0.3) is 16.5 Å². The number of anilines is 1. The number of aromatic nitrogens is 1. The van der Waals surface area contributed by atoms with Gasteiger partial charge in [0, 0.05) is 46.4 Å². The number of ketones is 1. The Hall–Kier alpha value is -4.72. The molecule has 1 aliphatic heterocycles. The van der Waals surface area contributed by atoms with Gasteiger partial charge >= 0.3 is 0 Å². The second-order valence-electron chi connectivity index (χ2n) is 9.26. The van der Waals surface area contributed by atoms with Crippen molar-refractivity contribution in [3.8, 4) is 17.2 Å². The first-order valence-corrected chi connectivity index (χ1v) is 12.6. The monoisotopic (exact) mass is 526 g/mol. The smallest absolute Gasteiger partial charge is 0.294 e.